The molecule has 1 aliphatic heterocycles. The molecule has 2 atom stereocenters. The molecular formula is C12H20N4O. The van der Waals surface area contributed by atoms with Gasteiger partial charge >= 0.3 is 0 Å². The monoisotopic (exact) mass is 236 g/mol. The van der Waals surface area contributed by atoms with Crippen molar-refractivity contribution in [2.75, 3.05) is 6.54 Å². The molecule has 0 spiro atoms. The van der Waals surface area contributed by atoms with Crippen molar-refractivity contribution < 1.29 is 4.79 Å². The van der Waals surface area contributed by atoms with E-state index in [0.717, 1.165) is 19.4 Å². The second kappa shape index (κ2) is 5.82. The highest BCUT2D eigenvalue weighted by atomic mass is 16.2. The van der Waals surface area contributed by atoms with Gasteiger partial charge in [-0.05, 0) is 32.4 Å². The lowest BCUT2D eigenvalue weighted by atomic mass is 10.0. The average molecular weight is 236 g/mol. The van der Waals surface area contributed by atoms with Crippen LogP contribution in [0.2, 0.25) is 0 Å². The number of nitrogens with one attached hydrogen (secondary N) is 2. The van der Waals surface area contributed by atoms with Gasteiger partial charge in [0.15, 0.2) is 0 Å². The largest absolute Gasteiger partial charge is 0.350 e. The Hall–Kier alpha value is -1.36. The Balaban J connectivity index is 1.77. The molecule has 0 radical (unpaired) electrons. The maximum absolute atomic E-state index is 11.9. The molecule has 0 aliphatic carbocycles. The Labute approximate surface area is 102 Å². The van der Waals surface area contributed by atoms with E-state index in [1.807, 2.05) is 23.9 Å². The molecule has 1 aliphatic rings. The van der Waals surface area contributed by atoms with E-state index in [1.54, 1.807) is 6.20 Å². The average Bonchev–Trinajstić information content (AvgIpc) is 2.82. The molecule has 1 amide bonds. The molecule has 1 saturated heterocycles. The zero-order valence-corrected chi connectivity index (χ0v) is 10.2. The van der Waals surface area contributed by atoms with Crippen molar-refractivity contribution >= 4 is 5.91 Å². The van der Waals surface area contributed by atoms with Crippen molar-refractivity contribution in [2.24, 2.45) is 0 Å². The molecule has 2 rings (SSSR count). The second-order valence-electron chi connectivity index (χ2n) is 4.64. The minimum Gasteiger partial charge on any atom is -0.350 e. The summed E-state index contributed by atoms with van der Waals surface area (Å²) in [4.78, 5) is 11.9. The summed E-state index contributed by atoms with van der Waals surface area (Å²) in [6.45, 7) is 3.67. The van der Waals surface area contributed by atoms with Crippen LogP contribution >= 0.6 is 0 Å². The summed E-state index contributed by atoms with van der Waals surface area (Å²) >= 11 is 0. The molecule has 2 heterocycles. The van der Waals surface area contributed by atoms with Crippen molar-refractivity contribution in [3.8, 4) is 0 Å². The van der Waals surface area contributed by atoms with Gasteiger partial charge in [0.1, 0.15) is 0 Å². The number of hydrogen-bond donors (Lipinski definition) is 2. The number of hydrogen-bond acceptors (Lipinski definition) is 3. The molecule has 1 fully saturated rings. The highest BCUT2D eigenvalue weighted by Crippen LogP contribution is 2.07. The third-order valence-electron chi connectivity index (χ3n) is 3.04. The summed E-state index contributed by atoms with van der Waals surface area (Å²) in [6, 6.07) is 1.98. The predicted molar refractivity (Wildman–Crippen MR) is 65.5 cm³/mol. The van der Waals surface area contributed by atoms with Crippen LogP contribution in [0.3, 0.4) is 0 Å². The van der Waals surface area contributed by atoms with Gasteiger partial charge in [-0.25, -0.2) is 0 Å². The molecule has 1 aromatic rings. The molecule has 1 unspecified atom stereocenters. The zero-order chi connectivity index (χ0) is 12.1. The Morgan fingerprint density at radius 3 is 3.18 bits per heavy atom. The van der Waals surface area contributed by atoms with Crippen LogP contribution in [0.5, 0.6) is 0 Å². The lowest BCUT2D eigenvalue weighted by Gasteiger charge is -2.24. The molecule has 1 aromatic heterocycles. The van der Waals surface area contributed by atoms with Gasteiger partial charge in [-0.3, -0.25) is 9.48 Å². The van der Waals surface area contributed by atoms with Gasteiger partial charge in [0.25, 0.3) is 0 Å². The van der Waals surface area contributed by atoms with Gasteiger partial charge < -0.3 is 10.6 Å². The summed E-state index contributed by atoms with van der Waals surface area (Å²) in [7, 11) is 0. The summed E-state index contributed by atoms with van der Waals surface area (Å²) in [6.07, 6.45) is 6.91. The van der Waals surface area contributed by atoms with E-state index in [0.29, 0.717) is 6.54 Å². The SMILES string of the molecule is CC(Cn1cccn1)NC(=O)[C@@H]1CCCCN1. The van der Waals surface area contributed by atoms with E-state index in [9.17, 15) is 4.79 Å². The molecule has 5 heteroatoms. The van der Waals surface area contributed by atoms with Crippen LogP contribution in [0, 0.1) is 0 Å². The normalized spacial score (nSPS) is 22.1. The van der Waals surface area contributed by atoms with Gasteiger partial charge in [-0.15, -0.1) is 0 Å². The minimum absolute atomic E-state index is 0.0104. The van der Waals surface area contributed by atoms with Crippen LogP contribution in [0.25, 0.3) is 0 Å². The first-order valence-electron chi connectivity index (χ1n) is 6.27. The zero-order valence-electron chi connectivity index (χ0n) is 10.2. The van der Waals surface area contributed by atoms with Crippen LogP contribution in [-0.4, -0.2) is 34.3 Å². The van der Waals surface area contributed by atoms with E-state index in [-0.39, 0.29) is 18.0 Å². The van der Waals surface area contributed by atoms with Gasteiger partial charge in [0.2, 0.25) is 5.91 Å². The summed E-state index contributed by atoms with van der Waals surface area (Å²) in [5.74, 6) is 0.115. The van der Waals surface area contributed by atoms with E-state index >= 15 is 0 Å². The topological polar surface area (TPSA) is 59.0 Å². The summed E-state index contributed by atoms with van der Waals surface area (Å²) < 4.78 is 1.83. The van der Waals surface area contributed by atoms with Crippen LogP contribution < -0.4 is 10.6 Å². The number of piperidine rings is 1. The summed E-state index contributed by atoms with van der Waals surface area (Å²) in [5, 5.41) is 10.4. The molecule has 0 saturated carbocycles. The van der Waals surface area contributed by atoms with Gasteiger partial charge in [0, 0.05) is 18.4 Å². The lowest BCUT2D eigenvalue weighted by molar-refractivity contribution is -0.124. The number of carbonyl (C=O) groups is 1. The van der Waals surface area contributed by atoms with Crippen LogP contribution in [-0.2, 0) is 11.3 Å². The Morgan fingerprint density at radius 1 is 1.65 bits per heavy atom. The first kappa shape index (κ1) is 12.1. The van der Waals surface area contributed by atoms with E-state index in [2.05, 4.69) is 15.7 Å². The number of aromatic nitrogens is 2. The molecule has 0 aromatic carbocycles. The smallest absolute Gasteiger partial charge is 0.237 e. The van der Waals surface area contributed by atoms with Crippen molar-refractivity contribution in [1.82, 2.24) is 20.4 Å². The quantitative estimate of drug-likeness (QED) is 0.801. The fraction of sp³-hybridized carbons (Fsp3) is 0.667. The fourth-order valence-electron chi connectivity index (χ4n) is 2.15. The molecule has 17 heavy (non-hydrogen) atoms. The number of amides is 1. The maximum atomic E-state index is 11.9. The third kappa shape index (κ3) is 3.56. The van der Waals surface area contributed by atoms with E-state index in [4.69, 9.17) is 0 Å². The first-order valence-corrected chi connectivity index (χ1v) is 6.27. The first-order chi connectivity index (χ1) is 8.25. The molecule has 5 nitrogen and oxygen atoms in total. The van der Waals surface area contributed by atoms with Crippen LogP contribution in [0.1, 0.15) is 26.2 Å². The van der Waals surface area contributed by atoms with Crippen molar-refractivity contribution in [2.45, 2.75) is 44.8 Å². The number of nitrogens with zero attached hydrogens (tertiary/aromatic N) is 2. The van der Waals surface area contributed by atoms with Crippen LogP contribution in [0.4, 0.5) is 0 Å². The minimum atomic E-state index is -0.0104. The third-order valence-corrected chi connectivity index (χ3v) is 3.04. The van der Waals surface area contributed by atoms with Crippen molar-refractivity contribution in [1.29, 1.82) is 0 Å². The summed E-state index contributed by atoms with van der Waals surface area (Å²) in [5.41, 5.74) is 0. The van der Waals surface area contributed by atoms with Gasteiger partial charge in [-0.1, -0.05) is 6.42 Å². The lowest BCUT2D eigenvalue weighted by Crippen LogP contribution is -2.49. The van der Waals surface area contributed by atoms with E-state index < -0.39 is 0 Å². The van der Waals surface area contributed by atoms with Crippen LogP contribution in [0.15, 0.2) is 18.5 Å². The maximum Gasteiger partial charge on any atom is 0.237 e. The molecule has 0 bridgehead atoms. The highest BCUT2D eigenvalue weighted by Gasteiger charge is 2.21. The van der Waals surface area contributed by atoms with Crippen molar-refractivity contribution in [3.05, 3.63) is 18.5 Å². The Bertz CT molecular complexity index is 343. The highest BCUT2D eigenvalue weighted by molar-refractivity contribution is 5.82. The van der Waals surface area contributed by atoms with Crippen molar-refractivity contribution in [3.63, 3.8) is 0 Å². The van der Waals surface area contributed by atoms with Gasteiger partial charge in [0.05, 0.1) is 12.6 Å². The standard InChI is InChI=1S/C12H20N4O/c1-10(9-16-8-4-7-14-16)15-12(17)11-5-2-3-6-13-11/h4,7-8,10-11,13H,2-3,5-6,9H2,1H3,(H,15,17)/t10?,11-/m0/s1. The van der Waals surface area contributed by atoms with Gasteiger partial charge in [-0.2, -0.15) is 5.10 Å². The Kier molecular flexibility index (Phi) is 4.14. The number of carbonyl (C=O) groups excluding carboxylic acids is 1. The molecule has 2 N–H and O–H groups in total. The fourth-order valence-corrected chi connectivity index (χ4v) is 2.15. The molecule has 94 valence electrons. The van der Waals surface area contributed by atoms with E-state index in [1.165, 1.54) is 6.42 Å². The predicted octanol–water partition coefficient (Wildman–Crippen LogP) is 0.530. The molecular weight excluding hydrogens is 216 g/mol. The second-order valence-corrected chi connectivity index (χ2v) is 4.64. The Morgan fingerprint density at radius 2 is 2.53 bits per heavy atom. The number of rotatable bonds is 4.